The van der Waals surface area contributed by atoms with E-state index in [0.717, 1.165) is 23.3 Å². The lowest BCUT2D eigenvalue weighted by Crippen LogP contribution is -2.22. The molecule has 0 saturated carbocycles. The molecule has 178 valence electrons. The second-order valence-electron chi connectivity index (χ2n) is 8.21. The Bertz CT molecular complexity index is 1410. The van der Waals surface area contributed by atoms with Gasteiger partial charge >= 0.3 is 11.9 Å². The van der Waals surface area contributed by atoms with Crippen molar-refractivity contribution in [3.8, 4) is 0 Å². The highest BCUT2D eigenvalue weighted by Crippen LogP contribution is 2.42. The third-order valence-electron chi connectivity index (χ3n) is 6.08. The predicted molar refractivity (Wildman–Crippen MR) is 130 cm³/mol. The van der Waals surface area contributed by atoms with Crippen LogP contribution in [0.3, 0.4) is 0 Å². The number of ether oxygens (including phenoxy) is 2. The number of hydrogen-bond acceptors (Lipinski definition) is 8. The molecule has 5 rings (SSSR count). The Labute approximate surface area is 204 Å². The van der Waals surface area contributed by atoms with E-state index in [1.807, 2.05) is 18.2 Å². The molecule has 1 atom stereocenters. The molecule has 0 spiro atoms. The predicted octanol–water partition coefficient (Wildman–Crippen LogP) is 4.74. The lowest BCUT2D eigenvalue weighted by molar-refractivity contribution is -0.119. The first-order chi connectivity index (χ1) is 17.0. The summed E-state index contributed by atoms with van der Waals surface area (Å²) in [4.78, 5) is 42.6. The average molecular weight is 491 g/mol. The van der Waals surface area contributed by atoms with Crippen molar-refractivity contribution in [1.82, 2.24) is 4.98 Å². The molecule has 0 aliphatic heterocycles. The SMILES string of the molecule is COC(=O)c1c(NC(=O)COC(=O)c2ccc3ocnc3c2)sc2c1CCC(c1ccccc1)C2. The molecule has 0 fully saturated rings. The third-order valence-corrected chi connectivity index (χ3v) is 7.25. The fraction of sp³-hybridized carbons (Fsp3) is 0.231. The van der Waals surface area contributed by atoms with Gasteiger partial charge in [-0.3, -0.25) is 4.79 Å². The first-order valence-corrected chi connectivity index (χ1v) is 11.9. The number of nitrogens with zero attached hydrogens (tertiary/aromatic N) is 1. The number of anilines is 1. The lowest BCUT2D eigenvalue weighted by atomic mass is 9.83. The Morgan fingerprint density at radius 3 is 2.77 bits per heavy atom. The summed E-state index contributed by atoms with van der Waals surface area (Å²) >= 11 is 1.37. The van der Waals surface area contributed by atoms with Crippen molar-refractivity contribution in [3.63, 3.8) is 0 Å². The van der Waals surface area contributed by atoms with Gasteiger partial charge in [-0.2, -0.15) is 0 Å². The van der Waals surface area contributed by atoms with Crippen LogP contribution in [0.5, 0.6) is 0 Å². The molecule has 1 aliphatic rings. The van der Waals surface area contributed by atoms with Crippen molar-refractivity contribution < 1.29 is 28.3 Å². The second-order valence-corrected chi connectivity index (χ2v) is 9.31. The van der Waals surface area contributed by atoms with Crippen LogP contribution in [0.15, 0.2) is 59.3 Å². The number of benzene rings is 2. The molecule has 0 saturated heterocycles. The number of nitrogens with one attached hydrogen (secondary N) is 1. The van der Waals surface area contributed by atoms with Gasteiger partial charge in [-0.15, -0.1) is 11.3 Å². The number of methoxy groups -OCH3 is 1. The molecule has 9 heteroatoms. The van der Waals surface area contributed by atoms with E-state index in [0.29, 0.717) is 34.0 Å². The number of hydrogen-bond donors (Lipinski definition) is 1. The molecule has 2 aromatic carbocycles. The van der Waals surface area contributed by atoms with Gasteiger partial charge in [0.25, 0.3) is 5.91 Å². The Morgan fingerprint density at radius 2 is 1.97 bits per heavy atom. The highest BCUT2D eigenvalue weighted by atomic mass is 32.1. The van der Waals surface area contributed by atoms with Gasteiger partial charge in [-0.05, 0) is 54.5 Å². The third kappa shape index (κ3) is 4.67. The van der Waals surface area contributed by atoms with Crippen LogP contribution in [-0.4, -0.2) is 36.5 Å². The smallest absolute Gasteiger partial charge is 0.341 e. The van der Waals surface area contributed by atoms with Gasteiger partial charge in [0.15, 0.2) is 18.6 Å². The van der Waals surface area contributed by atoms with E-state index in [1.165, 1.54) is 36.5 Å². The molecule has 1 aliphatic carbocycles. The molecule has 1 unspecified atom stereocenters. The second kappa shape index (κ2) is 9.71. The molecule has 35 heavy (non-hydrogen) atoms. The Kier molecular flexibility index (Phi) is 6.33. The molecular weight excluding hydrogens is 468 g/mol. The van der Waals surface area contributed by atoms with E-state index in [1.54, 1.807) is 12.1 Å². The number of aromatic nitrogens is 1. The summed E-state index contributed by atoms with van der Waals surface area (Å²) in [6.07, 6.45) is 3.68. The minimum Gasteiger partial charge on any atom is -0.465 e. The minimum atomic E-state index is -0.658. The Balaban J connectivity index is 1.29. The van der Waals surface area contributed by atoms with Crippen molar-refractivity contribution in [3.05, 3.63) is 82.1 Å². The van der Waals surface area contributed by atoms with Gasteiger partial charge in [0.05, 0.1) is 18.2 Å². The van der Waals surface area contributed by atoms with Gasteiger partial charge in [0.1, 0.15) is 10.5 Å². The summed E-state index contributed by atoms with van der Waals surface area (Å²) in [5, 5.41) is 3.16. The van der Waals surface area contributed by atoms with Crippen LogP contribution >= 0.6 is 11.3 Å². The van der Waals surface area contributed by atoms with Crippen molar-refractivity contribution in [2.45, 2.75) is 25.2 Å². The van der Waals surface area contributed by atoms with Crippen LogP contribution in [0.25, 0.3) is 11.1 Å². The summed E-state index contributed by atoms with van der Waals surface area (Å²) in [6, 6.07) is 15.0. The number of amides is 1. The van der Waals surface area contributed by atoms with E-state index >= 15 is 0 Å². The fourth-order valence-corrected chi connectivity index (χ4v) is 5.70. The first-order valence-electron chi connectivity index (χ1n) is 11.1. The maximum atomic E-state index is 12.6. The number of oxazole rings is 1. The van der Waals surface area contributed by atoms with Crippen LogP contribution in [-0.2, 0) is 27.1 Å². The van der Waals surface area contributed by atoms with Crippen LogP contribution < -0.4 is 5.32 Å². The van der Waals surface area contributed by atoms with Crippen LogP contribution in [0.4, 0.5) is 5.00 Å². The van der Waals surface area contributed by atoms with E-state index in [2.05, 4.69) is 22.4 Å². The average Bonchev–Trinajstić information content (AvgIpc) is 3.50. The molecular formula is C26H22N2O6S. The van der Waals surface area contributed by atoms with Crippen molar-refractivity contribution in [1.29, 1.82) is 0 Å². The summed E-state index contributed by atoms with van der Waals surface area (Å²) in [5.41, 5.74) is 3.88. The molecule has 0 radical (unpaired) electrons. The number of fused-ring (bicyclic) bond motifs is 2. The Morgan fingerprint density at radius 1 is 1.14 bits per heavy atom. The highest BCUT2D eigenvalue weighted by molar-refractivity contribution is 7.17. The highest BCUT2D eigenvalue weighted by Gasteiger charge is 2.30. The maximum Gasteiger partial charge on any atom is 0.341 e. The zero-order chi connectivity index (χ0) is 24.4. The zero-order valence-electron chi connectivity index (χ0n) is 18.9. The number of carbonyl (C=O) groups is 3. The van der Waals surface area contributed by atoms with Gasteiger partial charge in [0.2, 0.25) is 0 Å². The fourth-order valence-electron chi connectivity index (χ4n) is 4.36. The minimum absolute atomic E-state index is 0.257. The van der Waals surface area contributed by atoms with Crippen LogP contribution in [0, 0.1) is 0 Å². The number of rotatable bonds is 6. The quantitative estimate of drug-likeness (QED) is 0.389. The molecule has 1 N–H and O–H groups in total. The van der Waals surface area contributed by atoms with Gasteiger partial charge in [-0.1, -0.05) is 30.3 Å². The first kappa shape index (κ1) is 22.8. The monoisotopic (exact) mass is 490 g/mol. The molecule has 2 heterocycles. The summed E-state index contributed by atoms with van der Waals surface area (Å²) in [7, 11) is 1.32. The molecule has 8 nitrogen and oxygen atoms in total. The van der Waals surface area contributed by atoms with Crippen molar-refractivity contribution >= 4 is 45.3 Å². The molecule has 4 aromatic rings. The van der Waals surface area contributed by atoms with Gasteiger partial charge in [-0.25, -0.2) is 14.6 Å². The molecule has 1 amide bonds. The zero-order valence-corrected chi connectivity index (χ0v) is 19.7. The van der Waals surface area contributed by atoms with Gasteiger partial charge in [0, 0.05) is 4.88 Å². The van der Waals surface area contributed by atoms with E-state index < -0.39 is 24.5 Å². The van der Waals surface area contributed by atoms with E-state index in [9.17, 15) is 14.4 Å². The topological polar surface area (TPSA) is 108 Å². The number of carbonyl (C=O) groups excluding carboxylic acids is 3. The van der Waals surface area contributed by atoms with Crippen molar-refractivity contribution in [2.24, 2.45) is 0 Å². The van der Waals surface area contributed by atoms with Crippen molar-refractivity contribution in [2.75, 3.05) is 19.0 Å². The molecule has 2 aromatic heterocycles. The Hall–Kier alpha value is -3.98. The van der Waals surface area contributed by atoms with E-state index in [-0.39, 0.29) is 5.56 Å². The summed E-state index contributed by atoms with van der Waals surface area (Å²) < 4.78 is 15.3. The van der Waals surface area contributed by atoms with Crippen LogP contribution in [0.2, 0.25) is 0 Å². The number of thiophene rings is 1. The normalized spacial score (nSPS) is 14.8. The standard InChI is InChI=1S/C26H22N2O6S/c1-32-26(31)23-18-9-7-16(15-5-3-2-4-6-15)12-21(18)35-24(23)28-22(29)13-33-25(30)17-8-10-20-19(11-17)27-14-34-20/h2-6,8,10-11,14,16H,7,9,12-13H2,1H3,(H,28,29). The maximum absolute atomic E-state index is 12.6. The van der Waals surface area contributed by atoms with Crippen LogP contribution in [0.1, 0.15) is 49.1 Å². The van der Waals surface area contributed by atoms with Gasteiger partial charge < -0.3 is 19.2 Å². The number of esters is 2. The largest absolute Gasteiger partial charge is 0.465 e. The lowest BCUT2D eigenvalue weighted by Gasteiger charge is -2.22. The summed E-state index contributed by atoms with van der Waals surface area (Å²) in [5.74, 6) is -1.34. The molecule has 0 bridgehead atoms. The van der Waals surface area contributed by atoms with E-state index in [4.69, 9.17) is 13.9 Å². The summed E-state index contributed by atoms with van der Waals surface area (Å²) in [6.45, 7) is -0.495.